The minimum absolute atomic E-state index is 0.0354. The van der Waals surface area contributed by atoms with E-state index in [0.717, 1.165) is 0 Å². The van der Waals surface area contributed by atoms with Gasteiger partial charge in [0.15, 0.2) is 18.1 Å². The van der Waals surface area contributed by atoms with Gasteiger partial charge in [-0.25, -0.2) is 0 Å². The van der Waals surface area contributed by atoms with E-state index in [1.165, 1.54) is 11.0 Å². The number of aliphatic hydroxyl groups is 2. The van der Waals surface area contributed by atoms with E-state index >= 15 is 0 Å². The number of para-hydroxylation sites is 2. The maximum Gasteiger partial charge on any atom is 0.260 e. The van der Waals surface area contributed by atoms with Gasteiger partial charge in [-0.1, -0.05) is 12.1 Å². The van der Waals surface area contributed by atoms with Crippen LogP contribution in [0.25, 0.3) is 0 Å². The average Bonchev–Trinajstić information content (AvgIpc) is 2.68. The lowest BCUT2D eigenvalue weighted by molar-refractivity contribution is -0.132. The van der Waals surface area contributed by atoms with Crippen LogP contribution in [0.15, 0.2) is 24.3 Å². The number of β-amino-alcohol motifs (C(OH)–C–C–N with tert-alkyl or cyclic N) is 2. The minimum Gasteiger partial charge on any atom is -0.504 e. The number of amides is 1. The molecule has 1 aliphatic heterocycles. The van der Waals surface area contributed by atoms with Crippen LogP contribution >= 0.6 is 0 Å². The van der Waals surface area contributed by atoms with Crippen LogP contribution in [0.2, 0.25) is 0 Å². The third kappa shape index (κ3) is 2.72. The summed E-state index contributed by atoms with van der Waals surface area (Å²) in [6, 6.07) is 6.35. The normalized spacial score (nSPS) is 23.1. The molecule has 0 aliphatic carbocycles. The fourth-order valence-corrected chi connectivity index (χ4v) is 1.78. The Morgan fingerprint density at radius 2 is 1.89 bits per heavy atom. The molecule has 2 atom stereocenters. The van der Waals surface area contributed by atoms with Crippen LogP contribution < -0.4 is 4.74 Å². The van der Waals surface area contributed by atoms with Crippen molar-refractivity contribution in [1.82, 2.24) is 4.90 Å². The third-order valence-electron chi connectivity index (χ3n) is 2.83. The number of carbonyl (C=O) groups is 1. The van der Waals surface area contributed by atoms with Gasteiger partial charge < -0.3 is 25.0 Å². The van der Waals surface area contributed by atoms with Crippen LogP contribution in [-0.4, -0.2) is 58.0 Å². The second kappa shape index (κ2) is 5.24. The molecule has 0 radical (unpaired) electrons. The van der Waals surface area contributed by atoms with Crippen molar-refractivity contribution in [2.45, 2.75) is 12.2 Å². The lowest BCUT2D eigenvalue weighted by atomic mass is 10.3. The van der Waals surface area contributed by atoms with E-state index in [4.69, 9.17) is 4.74 Å². The van der Waals surface area contributed by atoms with Crippen LogP contribution in [0.5, 0.6) is 11.5 Å². The molecule has 1 aromatic carbocycles. The van der Waals surface area contributed by atoms with E-state index in [1.807, 2.05) is 0 Å². The number of aromatic hydroxyl groups is 1. The molecule has 0 bridgehead atoms. The van der Waals surface area contributed by atoms with E-state index in [9.17, 15) is 20.1 Å². The first-order valence-electron chi connectivity index (χ1n) is 5.62. The van der Waals surface area contributed by atoms with Crippen molar-refractivity contribution in [3.05, 3.63) is 24.3 Å². The summed E-state index contributed by atoms with van der Waals surface area (Å²) >= 11 is 0. The molecule has 3 N–H and O–H groups in total. The fraction of sp³-hybridized carbons (Fsp3) is 0.417. The van der Waals surface area contributed by atoms with Crippen molar-refractivity contribution in [2.75, 3.05) is 19.7 Å². The first kappa shape index (κ1) is 12.7. The molecule has 2 unspecified atom stereocenters. The van der Waals surface area contributed by atoms with E-state index in [2.05, 4.69) is 0 Å². The summed E-state index contributed by atoms with van der Waals surface area (Å²) in [7, 11) is 0. The number of phenols is 1. The number of ether oxygens (including phenoxy) is 1. The molecule has 0 aromatic heterocycles. The smallest absolute Gasteiger partial charge is 0.260 e. The zero-order chi connectivity index (χ0) is 13.1. The van der Waals surface area contributed by atoms with Gasteiger partial charge in [-0.2, -0.15) is 0 Å². The van der Waals surface area contributed by atoms with E-state index < -0.39 is 12.2 Å². The molecule has 18 heavy (non-hydrogen) atoms. The lowest BCUT2D eigenvalue weighted by Gasteiger charge is -2.15. The second-order valence-electron chi connectivity index (χ2n) is 4.19. The molecule has 0 saturated carbocycles. The summed E-state index contributed by atoms with van der Waals surface area (Å²) < 4.78 is 5.18. The van der Waals surface area contributed by atoms with Gasteiger partial charge in [-0.3, -0.25) is 4.79 Å². The van der Waals surface area contributed by atoms with Gasteiger partial charge in [0.2, 0.25) is 0 Å². The van der Waals surface area contributed by atoms with Crippen LogP contribution in [0.4, 0.5) is 0 Å². The molecule has 1 saturated heterocycles. The summed E-state index contributed by atoms with van der Waals surface area (Å²) in [5.74, 6) is -0.146. The summed E-state index contributed by atoms with van der Waals surface area (Å²) in [6.45, 7) is -0.0364. The Balaban J connectivity index is 1.88. The van der Waals surface area contributed by atoms with Crippen LogP contribution in [0.3, 0.4) is 0 Å². The molecule has 1 aliphatic rings. The average molecular weight is 253 g/mol. The quantitative estimate of drug-likeness (QED) is 0.665. The number of likely N-dealkylation sites (tertiary alicyclic amines) is 1. The van der Waals surface area contributed by atoms with Crippen molar-refractivity contribution in [3.8, 4) is 11.5 Å². The Morgan fingerprint density at radius 1 is 1.28 bits per heavy atom. The summed E-state index contributed by atoms with van der Waals surface area (Å²) in [4.78, 5) is 13.0. The molecule has 98 valence electrons. The van der Waals surface area contributed by atoms with Crippen LogP contribution in [-0.2, 0) is 4.79 Å². The maximum absolute atomic E-state index is 11.7. The SMILES string of the molecule is O=C(COc1ccccc1O)N1CC(O)C(O)C1. The fourth-order valence-electron chi connectivity index (χ4n) is 1.78. The van der Waals surface area contributed by atoms with Gasteiger partial charge in [0.25, 0.3) is 5.91 Å². The summed E-state index contributed by atoms with van der Waals surface area (Å²) in [6.07, 6.45) is -1.81. The van der Waals surface area contributed by atoms with Gasteiger partial charge in [-0.15, -0.1) is 0 Å². The number of hydrogen-bond acceptors (Lipinski definition) is 5. The first-order chi connectivity index (χ1) is 8.58. The number of nitrogens with zero attached hydrogens (tertiary/aromatic N) is 1. The van der Waals surface area contributed by atoms with Crippen molar-refractivity contribution < 1.29 is 24.9 Å². The molecule has 6 heteroatoms. The number of rotatable bonds is 3. The van der Waals surface area contributed by atoms with E-state index in [0.29, 0.717) is 0 Å². The van der Waals surface area contributed by atoms with Gasteiger partial charge in [0.05, 0.1) is 12.2 Å². The molecule has 1 fully saturated rings. The predicted octanol–water partition coefficient (Wildman–Crippen LogP) is -0.665. The van der Waals surface area contributed by atoms with Crippen molar-refractivity contribution >= 4 is 5.91 Å². The van der Waals surface area contributed by atoms with Gasteiger partial charge >= 0.3 is 0 Å². The molecule has 1 heterocycles. The molecular weight excluding hydrogens is 238 g/mol. The van der Waals surface area contributed by atoms with Crippen molar-refractivity contribution in [1.29, 1.82) is 0 Å². The number of benzene rings is 1. The van der Waals surface area contributed by atoms with Gasteiger partial charge in [0, 0.05) is 13.1 Å². The summed E-state index contributed by atoms with van der Waals surface area (Å²) in [5.41, 5.74) is 0. The molecule has 2 rings (SSSR count). The zero-order valence-electron chi connectivity index (χ0n) is 9.69. The molecule has 1 amide bonds. The highest BCUT2D eigenvalue weighted by atomic mass is 16.5. The number of phenolic OH excluding ortho intramolecular Hbond substituents is 1. The Labute approximate surface area is 104 Å². The maximum atomic E-state index is 11.7. The Morgan fingerprint density at radius 3 is 2.50 bits per heavy atom. The highest BCUT2D eigenvalue weighted by Gasteiger charge is 2.32. The first-order valence-corrected chi connectivity index (χ1v) is 5.62. The monoisotopic (exact) mass is 253 g/mol. The third-order valence-corrected chi connectivity index (χ3v) is 2.83. The molecular formula is C12H15NO5. The Bertz CT molecular complexity index is 426. The highest BCUT2D eigenvalue weighted by Crippen LogP contribution is 2.24. The predicted molar refractivity (Wildman–Crippen MR) is 62.2 cm³/mol. The number of aliphatic hydroxyl groups excluding tert-OH is 2. The van der Waals surface area contributed by atoms with Crippen LogP contribution in [0, 0.1) is 0 Å². The largest absolute Gasteiger partial charge is 0.504 e. The Kier molecular flexibility index (Phi) is 3.69. The van der Waals surface area contributed by atoms with Crippen molar-refractivity contribution in [3.63, 3.8) is 0 Å². The van der Waals surface area contributed by atoms with Gasteiger partial charge in [-0.05, 0) is 12.1 Å². The number of carbonyl (C=O) groups excluding carboxylic acids is 1. The van der Waals surface area contributed by atoms with Crippen molar-refractivity contribution in [2.24, 2.45) is 0 Å². The molecule has 1 aromatic rings. The highest BCUT2D eigenvalue weighted by molar-refractivity contribution is 5.78. The minimum atomic E-state index is -0.904. The molecule has 6 nitrogen and oxygen atoms in total. The summed E-state index contributed by atoms with van der Waals surface area (Å²) in [5, 5.41) is 28.1. The zero-order valence-corrected chi connectivity index (χ0v) is 9.69. The standard InChI is InChI=1S/C12H15NO5/c14-8-3-1-2-4-11(8)18-7-12(17)13-5-9(15)10(16)6-13/h1-4,9-10,14-16H,5-7H2. The Hall–Kier alpha value is -1.79. The topological polar surface area (TPSA) is 90.2 Å². The lowest BCUT2D eigenvalue weighted by Crippen LogP contribution is -2.33. The van der Waals surface area contributed by atoms with Gasteiger partial charge in [0.1, 0.15) is 0 Å². The second-order valence-corrected chi connectivity index (χ2v) is 4.19. The van der Waals surface area contributed by atoms with E-state index in [-0.39, 0.29) is 37.1 Å². The van der Waals surface area contributed by atoms with E-state index in [1.54, 1.807) is 18.2 Å². The number of hydrogen-bond donors (Lipinski definition) is 3. The molecule has 0 spiro atoms. The van der Waals surface area contributed by atoms with Crippen LogP contribution in [0.1, 0.15) is 0 Å².